The van der Waals surface area contributed by atoms with E-state index < -0.39 is 0 Å². The summed E-state index contributed by atoms with van der Waals surface area (Å²) < 4.78 is 19.2. The monoisotopic (exact) mass is 358 g/mol. The molecule has 1 N–H and O–H groups in total. The number of hydrogen-bond acceptors (Lipinski definition) is 5. The fourth-order valence-electron chi connectivity index (χ4n) is 4.39. The zero-order valence-corrected chi connectivity index (χ0v) is 15.1. The van der Waals surface area contributed by atoms with E-state index in [9.17, 15) is 9.18 Å². The summed E-state index contributed by atoms with van der Waals surface area (Å²) in [4.78, 5) is 22.1. The largest absolute Gasteiger partial charge is 0.494 e. The van der Waals surface area contributed by atoms with Gasteiger partial charge in [0.05, 0.1) is 7.11 Å². The lowest BCUT2D eigenvalue weighted by molar-refractivity contribution is -0.120. The van der Waals surface area contributed by atoms with Gasteiger partial charge < -0.3 is 15.0 Å². The molecule has 6 nitrogen and oxygen atoms in total. The lowest BCUT2D eigenvalue weighted by atomic mass is 9.67. The normalized spacial score (nSPS) is 19.4. The molecule has 1 spiro atoms. The maximum atomic E-state index is 14.0. The number of carbonyl (C=O) groups is 1. The summed E-state index contributed by atoms with van der Waals surface area (Å²) in [6.07, 6.45) is 5.72. The zero-order chi connectivity index (χ0) is 18.3. The van der Waals surface area contributed by atoms with E-state index in [0.717, 1.165) is 44.6 Å². The third-order valence-corrected chi connectivity index (χ3v) is 5.67. The molecular weight excluding hydrogens is 335 g/mol. The van der Waals surface area contributed by atoms with Gasteiger partial charge in [-0.1, -0.05) is 0 Å². The number of carbonyl (C=O) groups excluding carboxylic acids is 1. The average molecular weight is 358 g/mol. The van der Waals surface area contributed by atoms with E-state index in [1.165, 1.54) is 25.6 Å². The van der Waals surface area contributed by atoms with Gasteiger partial charge in [0.2, 0.25) is 5.91 Å². The molecule has 1 aromatic carbocycles. The fraction of sp³-hybridized carbons (Fsp3) is 0.526. The fourth-order valence-corrected chi connectivity index (χ4v) is 4.39. The first-order chi connectivity index (χ1) is 12.5. The molecule has 138 valence electrons. The summed E-state index contributed by atoms with van der Waals surface area (Å²) in [5, 5.41) is 3.71. The third-order valence-electron chi connectivity index (χ3n) is 5.67. The van der Waals surface area contributed by atoms with Crippen LogP contribution in [-0.2, 0) is 4.79 Å². The maximum Gasteiger partial charge on any atom is 0.217 e. The van der Waals surface area contributed by atoms with Gasteiger partial charge in [-0.25, -0.2) is 14.4 Å². The van der Waals surface area contributed by atoms with Gasteiger partial charge in [0.15, 0.2) is 0 Å². The lowest BCUT2D eigenvalue weighted by Gasteiger charge is -2.54. The highest BCUT2D eigenvalue weighted by Gasteiger charge is 2.46. The predicted octanol–water partition coefficient (Wildman–Crippen LogP) is 2.66. The van der Waals surface area contributed by atoms with Crippen molar-refractivity contribution in [2.75, 3.05) is 25.1 Å². The molecule has 1 aliphatic heterocycles. The number of aromatic nitrogens is 2. The number of nitrogens with zero attached hydrogens (tertiary/aromatic N) is 3. The molecule has 1 amide bonds. The lowest BCUT2D eigenvalue weighted by Crippen LogP contribution is -2.59. The van der Waals surface area contributed by atoms with E-state index in [-0.39, 0.29) is 17.1 Å². The minimum absolute atomic E-state index is 0.0459. The van der Waals surface area contributed by atoms with E-state index in [1.54, 1.807) is 6.92 Å². The molecule has 0 unspecified atom stereocenters. The van der Waals surface area contributed by atoms with E-state index >= 15 is 0 Å². The molecule has 1 saturated heterocycles. The number of hydrogen-bond donors (Lipinski definition) is 1. The quantitative estimate of drug-likeness (QED) is 0.914. The van der Waals surface area contributed by atoms with Gasteiger partial charge in [-0.3, -0.25) is 4.79 Å². The van der Waals surface area contributed by atoms with Crippen molar-refractivity contribution in [3.8, 4) is 5.75 Å². The van der Waals surface area contributed by atoms with Crippen molar-refractivity contribution in [3.63, 3.8) is 0 Å². The van der Waals surface area contributed by atoms with Crippen LogP contribution in [0, 0.1) is 11.2 Å². The van der Waals surface area contributed by atoms with Gasteiger partial charge in [-0.2, -0.15) is 0 Å². The second kappa shape index (κ2) is 6.37. The summed E-state index contributed by atoms with van der Waals surface area (Å²) in [6.45, 7) is 3.39. The first kappa shape index (κ1) is 17.0. The highest BCUT2D eigenvalue weighted by Crippen LogP contribution is 2.46. The van der Waals surface area contributed by atoms with E-state index in [2.05, 4.69) is 20.2 Å². The number of benzene rings is 1. The Kier molecular flexibility index (Phi) is 4.17. The number of ether oxygens (including phenoxy) is 1. The number of nitrogens with one attached hydrogen (secondary N) is 1. The van der Waals surface area contributed by atoms with Crippen LogP contribution in [0.15, 0.2) is 18.5 Å². The molecule has 0 atom stereocenters. The summed E-state index contributed by atoms with van der Waals surface area (Å²) in [5.74, 6) is 0.887. The van der Waals surface area contributed by atoms with Gasteiger partial charge in [0.25, 0.3) is 0 Å². The van der Waals surface area contributed by atoms with Gasteiger partial charge in [-0.15, -0.1) is 0 Å². The first-order valence-electron chi connectivity index (χ1n) is 9.00. The Morgan fingerprint density at radius 1 is 1.31 bits per heavy atom. The molecule has 2 aromatic rings. The Bertz CT molecular complexity index is 841. The highest BCUT2D eigenvalue weighted by molar-refractivity contribution is 5.93. The molecular formula is C19H23FN4O2. The second-order valence-electron chi connectivity index (χ2n) is 7.53. The summed E-state index contributed by atoms with van der Waals surface area (Å²) in [5.41, 5.74) is 0.915. The van der Waals surface area contributed by atoms with Crippen LogP contribution in [-0.4, -0.2) is 42.1 Å². The van der Waals surface area contributed by atoms with E-state index in [1.807, 2.05) is 0 Å². The van der Waals surface area contributed by atoms with E-state index in [4.69, 9.17) is 4.74 Å². The number of amides is 1. The highest BCUT2D eigenvalue weighted by atomic mass is 19.1. The van der Waals surface area contributed by atoms with Crippen LogP contribution < -0.4 is 15.0 Å². The van der Waals surface area contributed by atoms with E-state index in [0.29, 0.717) is 22.7 Å². The minimum Gasteiger partial charge on any atom is -0.494 e. The van der Waals surface area contributed by atoms with Crippen LogP contribution in [0.2, 0.25) is 0 Å². The molecule has 1 saturated carbocycles. The molecule has 26 heavy (non-hydrogen) atoms. The van der Waals surface area contributed by atoms with Gasteiger partial charge in [0, 0.05) is 42.9 Å². The van der Waals surface area contributed by atoms with Crippen LogP contribution in [0.5, 0.6) is 5.75 Å². The smallest absolute Gasteiger partial charge is 0.217 e. The molecule has 0 bridgehead atoms. The number of anilines is 1. The van der Waals surface area contributed by atoms with Crippen LogP contribution >= 0.6 is 0 Å². The average Bonchev–Trinajstić information content (AvgIpc) is 2.59. The van der Waals surface area contributed by atoms with Crippen molar-refractivity contribution in [1.29, 1.82) is 0 Å². The SMILES string of the molecule is COc1cc(F)cc2c(N3CC4(CCC(NC(C)=O)CC4)C3)ncnc12. The Hall–Kier alpha value is -2.44. The molecule has 1 aromatic heterocycles. The zero-order valence-electron chi connectivity index (χ0n) is 15.1. The van der Waals surface area contributed by atoms with Crippen molar-refractivity contribution in [2.45, 2.75) is 38.6 Å². The first-order valence-corrected chi connectivity index (χ1v) is 9.00. The summed E-state index contributed by atoms with van der Waals surface area (Å²) in [7, 11) is 1.52. The molecule has 0 radical (unpaired) electrons. The Morgan fingerprint density at radius 2 is 2.04 bits per heavy atom. The third kappa shape index (κ3) is 2.95. The Labute approximate surface area is 151 Å². The minimum atomic E-state index is -0.351. The molecule has 4 rings (SSSR count). The molecule has 2 fully saturated rings. The molecule has 7 heteroatoms. The Morgan fingerprint density at radius 3 is 2.69 bits per heavy atom. The van der Waals surface area contributed by atoms with Crippen LogP contribution in [0.3, 0.4) is 0 Å². The van der Waals surface area contributed by atoms with Gasteiger partial charge in [0.1, 0.15) is 29.2 Å². The summed E-state index contributed by atoms with van der Waals surface area (Å²) >= 11 is 0. The standard InChI is InChI=1S/C19H23FN4O2/c1-12(25)23-14-3-5-19(6-4-14)9-24(10-19)18-15-7-13(20)8-16(26-2)17(15)21-11-22-18/h7-8,11,14H,3-6,9-10H2,1-2H3,(H,23,25). The van der Waals surface area contributed by atoms with Crippen molar-refractivity contribution >= 4 is 22.6 Å². The number of fused-ring (bicyclic) bond motifs is 1. The van der Waals surface area contributed by atoms with Crippen LogP contribution in [0.25, 0.3) is 10.9 Å². The Balaban J connectivity index is 1.51. The van der Waals surface area contributed by atoms with Gasteiger partial charge >= 0.3 is 0 Å². The molecule has 2 aliphatic rings. The van der Waals surface area contributed by atoms with Crippen molar-refractivity contribution in [1.82, 2.24) is 15.3 Å². The summed E-state index contributed by atoms with van der Waals surface area (Å²) in [6, 6.07) is 3.12. The predicted molar refractivity (Wildman–Crippen MR) is 96.8 cm³/mol. The number of methoxy groups -OCH3 is 1. The molecule has 1 aliphatic carbocycles. The van der Waals surface area contributed by atoms with Crippen LogP contribution in [0.4, 0.5) is 10.2 Å². The number of rotatable bonds is 3. The van der Waals surface area contributed by atoms with Crippen molar-refractivity contribution < 1.29 is 13.9 Å². The number of halogens is 1. The maximum absolute atomic E-state index is 14.0. The van der Waals surface area contributed by atoms with Crippen molar-refractivity contribution in [3.05, 3.63) is 24.3 Å². The van der Waals surface area contributed by atoms with Crippen LogP contribution in [0.1, 0.15) is 32.6 Å². The topological polar surface area (TPSA) is 67.3 Å². The molecule has 2 heterocycles. The second-order valence-corrected chi connectivity index (χ2v) is 7.53. The van der Waals surface area contributed by atoms with Crippen molar-refractivity contribution in [2.24, 2.45) is 5.41 Å². The van der Waals surface area contributed by atoms with Gasteiger partial charge in [-0.05, 0) is 31.7 Å².